The maximum atomic E-state index is 5.53. The van der Waals surface area contributed by atoms with Gasteiger partial charge in [-0.1, -0.05) is 13.3 Å². The summed E-state index contributed by atoms with van der Waals surface area (Å²) in [6.07, 6.45) is 2.35. The van der Waals surface area contributed by atoms with E-state index in [1.54, 1.807) is 0 Å². The van der Waals surface area contributed by atoms with Crippen molar-refractivity contribution in [3.63, 3.8) is 0 Å². The largest absolute Gasteiger partial charge is 0.327 e. The fourth-order valence-corrected chi connectivity index (χ4v) is 1.84. The Morgan fingerprint density at radius 1 is 1.36 bits per heavy atom. The van der Waals surface area contributed by atoms with Crippen molar-refractivity contribution in [1.29, 1.82) is 0 Å². The van der Waals surface area contributed by atoms with Gasteiger partial charge >= 0.3 is 0 Å². The van der Waals surface area contributed by atoms with Gasteiger partial charge in [0.1, 0.15) is 0 Å². The molecule has 0 aliphatic carbocycles. The lowest BCUT2D eigenvalue weighted by molar-refractivity contribution is 0.176. The van der Waals surface area contributed by atoms with Crippen LogP contribution in [0.5, 0.6) is 0 Å². The van der Waals surface area contributed by atoms with Crippen LogP contribution in [0.1, 0.15) is 40.5 Å². The SMILES string of the molecule is CCCC1=C(NN)CN(C(C)(C)C)C1. The van der Waals surface area contributed by atoms with Crippen LogP contribution in [0.4, 0.5) is 0 Å². The molecule has 82 valence electrons. The Balaban J connectivity index is 2.66. The van der Waals surface area contributed by atoms with Crippen LogP contribution in [-0.4, -0.2) is 23.5 Å². The minimum absolute atomic E-state index is 0.234. The predicted octanol–water partition coefficient (Wildman–Crippen LogP) is 1.62. The van der Waals surface area contributed by atoms with Gasteiger partial charge in [0, 0.05) is 24.3 Å². The van der Waals surface area contributed by atoms with E-state index in [1.807, 2.05) is 0 Å². The summed E-state index contributed by atoms with van der Waals surface area (Å²) in [6, 6.07) is 0. The van der Waals surface area contributed by atoms with Gasteiger partial charge in [-0.3, -0.25) is 10.7 Å². The van der Waals surface area contributed by atoms with Crippen LogP contribution >= 0.6 is 0 Å². The third kappa shape index (κ3) is 2.49. The molecule has 14 heavy (non-hydrogen) atoms. The molecular weight excluding hydrogens is 174 g/mol. The number of hydrogen-bond donors (Lipinski definition) is 2. The Morgan fingerprint density at radius 3 is 2.43 bits per heavy atom. The van der Waals surface area contributed by atoms with Gasteiger partial charge in [-0.15, -0.1) is 0 Å². The Kier molecular flexibility index (Phi) is 3.56. The van der Waals surface area contributed by atoms with Crippen molar-refractivity contribution in [2.75, 3.05) is 13.1 Å². The number of nitrogens with zero attached hydrogens (tertiary/aromatic N) is 1. The first kappa shape index (κ1) is 11.5. The van der Waals surface area contributed by atoms with Gasteiger partial charge in [0.05, 0.1) is 0 Å². The minimum Gasteiger partial charge on any atom is -0.327 e. The fourth-order valence-electron chi connectivity index (χ4n) is 1.84. The van der Waals surface area contributed by atoms with Gasteiger partial charge in [-0.25, -0.2) is 0 Å². The van der Waals surface area contributed by atoms with Crippen LogP contribution in [0.25, 0.3) is 0 Å². The molecule has 0 aromatic rings. The van der Waals surface area contributed by atoms with E-state index in [0.717, 1.165) is 19.5 Å². The molecule has 0 unspecified atom stereocenters. The first-order valence-electron chi connectivity index (χ1n) is 5.41. The van der Waals surface area contributed by atoms with Crippen LogP contribution in [0.2, 0.25) is 0 Å². The van der Waals surface area contributed by atoms with Gasteiger partial charge in [0.2, 0.25) is 0 Å². The molecule has 1 aliphatic heterocycles. The second-order valence-electron chi connectivity index (χ2n) is 5.00. The van der Waals surface area contributed by atoms with Gasteiger partial charge in [0.25, 0.3) is 0 Å². The van der Waals surface area contributed by atoms with E-state index in [4.69, 9.17) is 5.84 Å². The molecule has 1 rings (SSSR count). The topological polar surface area (TPSA) is 41.3 Å². The number of hydrogen-bond acceptors (Lipinski definition) is 3. The van der Waals surface area contributed by atoms with E-state index in [9.17, 15) is 0 Å². The summed E-state index contributed by atoms with van der Waals surface area (Å²) in [6.45, 7) is 11.0. The van der Waals surface area contributed by atoms with Crippen molar-refractivity contribution in [2.24, 2.45) is 5.84 Å². The first-order chi connectivity index (χ1) is 6.49. The van der Waals surface area contributed by atoms with Gasteiger partial charge in [-0.2, -0.15) is 0 Å². The van der Waals surface area contributed by atoms with Gasteiger partial charge in [-0.05, 0) is 32.8 Å². The van der Waals surface area contributed by atoms with Gasteiger partial charge < -0.3 is 5.43 Å². The van der Waals surface area contributed by atoms with Crippen molar-refractivity contribution >= 4 is 0 Å². The molecular formula is C11H23N3. The molecule has 0 saturated heterocycles. The highest BCUT2D eigenvalue weighted by atomic mass is 15.3. The van der Waals surface area contributed by atoms with Crippen molar-refractivity contribution in [2.45, 2.75) is 46.1 Å². The average molecular weight is 197 g/mol. The maximum absolute atomic E-state index is 5.53. The van der Waals surface area contributed by atoms with E-state index in [0.29, 0.717) is 0 Å². The van der Waals surface area contributed by atoms with Crippen molar-refractivity contribution in [1.82, 2.24) is 10.3 Å². The smallest absolute Gasteiger partial charge is 0.0405 e. The monoisotopic (exact) mass is 197 g/mol. The third-order valence-electron chi connectivity index (χ3n) is 2.83. The molecule has 0 saturated carbocycles. The second-order valence-corrected chi connectivity index (χ2v) is 5.00. The van der Waals surface area contributed by atoms with E-state index in [1.165, 1.54) is 17.7 Å². The highest BCUT2D eigenvalue weighted by Gasteiger charge is 2.28. The Hall–Kier alpha value is -0.540. The highest BCUT2D eigenvalue weighted by Crippen LogP contribution is 2.25. The minimum atomic E-state index is 0.234. The zero-order valence-electron chi connectivity index (χ0n) is 9.85. The molecule has 0 fully saturated rings. The Morgan fingerprint density at radius 2 is 2.00 bits per heavy atom. The first-order valence-corrected chi connectivity index (χ1v) is 5.41. The molecule has 0 spiro atoms. The van der Waals surface area contributed by atoms with E-state index in [-0.39, 0.29) is 5.54 Å². The van der Waals surface area contributed by atoms with E-state index in [2.05, 4.69) is 38.0 Å². The lowest BCUT2D eigenvalue weighted by Gasteiger charge is -2.32. The molecule has 3 N–H and O–H groups in total. The van der Waals surface area contributed by atoms with E-state index < -0.39 is 0 Å². The molecule has 1 aliphatic rings. The number of rotatable bonds is 3. The molecule has 0 bridgehead atoms. The summed E-state index contributed by atoms with van der Waals surface area (Å²) < 4.78 is 0. The third-order valence-corrected chi connectivity index (χ3v) is 2.83. The molecule has 0 atom stereocenters. The number of nitrogens with one attached hydrogen (secondary N) is 1. The summed E-state index contributed by atoms with van der Waals surface area (Å²) in [5.41, 5.74) is 5.77. The fraction of sp³-hybridized carbons (Fsp3) is 0.818. The second kappa shape index (κ2) is 4.32. The zero-order valence-corrected chi connectivity index (χ0v) is 9.85. The van der Waals surface area contributed by atoms with Crippen molar-refractivity contribution in [3.8, 4) is 0 Å². The summed E-state index contributed by atoms with van der Waals surface area (Å²) in [7, 11) is 0. The van der Waals surface area contributed by atoms with E-state index >= 15 is 0 Å². The van der Waals surface area contributed by atoms with Crippen LogP contribution in [-0.2, 0) is 0 Å². The van der Waals surface area contributed by atoms with Crippen molar-refractivity contribution in [3.05, 3.63) is 11.3 Å². The zero-order chi connectivity index (χ0) is 10.8. The Bertz CT molecular complexity index is 225. The summed E-state index contributed by atoms with van der Waals surface area (Å²) in [5.74, 6) is 5.53. The number of nitrogens with two attached hydrogens (primary N) is 1. The average Bonchev–Trinajstić information content (AvgIpc) is 2.47. The molecule has 0 aromatic carbocycles. The van der Waals surface area contributed by atoms with Crippen LogP contribution < -0.4 is 11.3 Å². The van der Waals surface area contributed by atoms with Gasteiger partial charge in [0.15, 0.2) is 0 Å². The van der Waals surface area contributed by atoms with Crippen LogP contribution in [0.15, 0.2) is 11.3 Å². The standard InChI is InChI=1S/C11H23N3/c1-5-6-9-7-14(11(2,3)4)8-10(9)13-12/h13H,5-8,12H2,1-4H3. The Labute approximate surface area is 87.3 Å². The van der Waals surface area contributed by atoms with Crippen LogP contribution in [0.3, 0.4) is 0 Å². The van der Waals surface area contributed by atoms with Crippen LogP contribution in [0, 0.1) is 0 Å². The number of hydrazine groups is 1. The quantitative estimate of drug-likeness (QED) is 0.533. The lowest BCUT2D eigenvalue weighted by Crippen LogP contribution is -2.41. The predicted molar refractivity (Wildman–Crippen MR) is 60.6 cm³/mol. The molecule has 0 amide bonds. The molecule has 3 heteroatoms. The maximum Gasteiger partial charge on any atom is 0.0405 e. The summed E-state index contributed by atoms with van der Waals surface area (Å²) >= 11 is 0. The molecule has 1 heterocycles. The molecule has 3 nitrogen and oxygen atoms in total. The highest BCUT2D eigenvalue weighted by molar-refractivity contribution is 5.22. The normalized spacial score (nSPS) is 19.2. The summed E-state index contributed by atoms with van der Waals surface area (Å²) in [5, 5.41) is 0. The summed E-state index contributed by atoms with van der Waals surface area (Å²) in [4.78, 5) is 2.45. The molecule has 0 radical (unpaired) electrons. The lowest BCUT2D eigenvalue weighted by atomic mass is 10.1. The van der Waals surface area contributed by atoms with Crippen molar-refractivity contribution < 1.29 is 0 Å². The molecule has 0 aromatic heterocycles.